The van der Waals surface area contributed by atoms with Crippen LogP contribution in [0.15, 0.2) is 0 Å². The van der Waals surface area contributed by atoms with E-state index in [9.17, 15) is 13.2 Å². The van der Waals surface area contributed by atoms with Crippen LogP contribution in [0.2, 0.25) is 0 Å². The Morgan fingerprint density at radius 3 is 2.13 bits per heavy atom. The van der Waals surface area contributed by atoms with Crippen molar-refractivity contribution in [1.29, 1.82) is 0 Å². The number of hydrogen-bond donors (Lipinski definition) is 1. The summed E-state index contributed by atoms with van der Waals surface area (Å²) in [6.45, 7) is 2.84. The molecule has 0 aromatic rings. The molecule has 0 heterocycles. The Morgan fingerprint density at radius 2 is 1.87 bits per heavy atom. The molecule has 0 aromatic carbocycles. The number of rotatable bonds is 6. The molecule has 6 heteroatoms. The Hall–Kier alpha value is -0.330. The van der Waals surface area contributed by atoms with Crippen LogP contribution in [0.1, 0.15) is 13.8 Å². The number of ether oxygens (including phenoxy) is 1. The first-order valence-electron chi connectivity index (χ1n) is 4.83. The summed E-state index contributed by atoms with van der Waals surface area (Å²) in [7, 11) is 1.45. The summed E-state index contributed by atoms with van der Waals surface area (Å²) in [4.78, 5) is 1.31. The molecule has 0 rings (SSSR count). The molecule has 92 valence electrons. The van der Waals surface area contributed by atoms with E-state index in [4.69, 9.17) is 10.5 Å². The van der Waals surface area contributed by atoms with Crippen molar-refractivity contribution in [3.8, 4) is 0 Å². The van der Waals surface area contributed by atoms with Crippen LogP contribution in [-0.4, -0.2) is 50.0 Å². The second-order valence-electron chi connectivity index (χ2n) is 3.73. The highest BCUT2D eigenvalue weighted by molar-refractivity contribution is 4.77. The summed E-state index contributed by atoms with van der Waals surface area (Å²) < 4.78 is 41.7. The van der Waals surface area contributed by atoms with Crippen LogP contribution in [0.5, 0.6) is 0 Å². The lowest BCUT2D eigenvalue weighted by Crippen LogP contribution is -2.50. The predicted molar refractivity (Wildman–Crippen MR) is 52.6 cm³/mol. The second-order valence-corrected chi connectivity index (χ2v) is 3.73. The quantitative estimate of drug-likeness (QED) is 0.743. The first-order valence-corrected chi connectivity index (χ1v) is 4.83. The number of methoxy groups -OCH3 is 1. The Labute approximate surface area is 88.4 Å². The van der Waals surface area contributed by atoms with Crippen molar-refractivity contribution in [2.75, 3.05) is 26.8 Å². The van der Waals surface area contributed by atoms with Gasteiger partial charge < -0.3 is 10.5 Å². The van der Waals surface area contributed by atoms with Crippen LogP contribution in [-0.2, 0) is 4.74 Å². The molecule has 3 nitrogen and oxygen atoms in total. The van der Waals surface area contributed by atoms with Gasteiger partial charge in [0.1, 0.15) is 0 Å². The van der Waals surface area contributed by atoms with Crippen LogP contribution in [0.3, 0.4) is 0 Å². The van der Waals surface area contributed by atoms with Crippen LogP contribution in [0.4, 0.5) is 13.2 Å². The van der Waals surface area contributed by atoms with Crippen molar-refractivity contribution in [3.63, 3.8) is 0 Å². The molecule has 0 bridgehead atoms. The maximum absolute atomic E-state index is 12.3. The normalized spacial score (nSPS) is 15.0. The van der Waals surface area contributed by atoms with Crippen molar-refractivity contribution in [3.05, 3.63) is 0 Å². The molecular weight excluding hydrogens is 209 g/mol. The minimum Gasteiger partial charge on any atom is -0.383 e. The fourth-order valence-corrected chi connectivity index (χ4v) is 1.43. The molecule has 15 heavy (non-hydrogen) atoms. The Balaban J connectivity index is 4.48. The van der Waals surface area contributed by atoms with E-state index in [1.54, 1.807) is 13.8 Å². The van der Waals surface area contributed by atoms with E-state index < -0.39 is 18.8 Å². The van der Waals surface area contributed by atoms with Gasteiger partial charge in [-0.15, -0.1) is 0 Å². The molecule has 2 N–H and O–H groups in total. The molecule has 0 aliphatic heterocycles. The lowest BCUT2D eigenvalue weighted by atomic mass is 10.2. The summed E-state index contributed by atoms with van der Waals surface area (Å²) in [6.07, 6.45) is -4.20. The van der Waals surface area contributed by atoms with Crippen molar-refractivity contribution in [2.45, 2.75) is 32.1 Å². The van der Waals surface area contributed by atoms with Gasteiger partial charge in [0.25, 0.3) is 0 Å². The highest BCUT2D eigenvalue weighted by atomic mass is 19.4. The van der Waals surface area contributed by atoms with E-state index in [1.807, 2.05) is 0 Å². The van der Waals surface area contributed by atoms with Crippen molar-refractivity contribution >= 4 is 0 Å². The Bertz CT molecular complexity index is 173. The second kappa shape index (κ2) is 6.30. The lowest BCUT2D eigenvalue weighted by molar-refractivity contribution is -0.157. The van der Waals surface area contributed by atoms with E-state index in [2.05, 4.69) is 0 Å². The van der Waals surface area contributed by atoms with Gasteiger partial charge in [-0.2, -0.15) is 13.2 Å². The topological polar surface area (TPSA) is 38.5 Å². The maximum Gasteiger partial charge on any atom is 0.401 e. The number of nitrogens with two attached hydrogens (primary N) is 1. The molecule has 0 radical (unpaired) electrons. The van der Waals surface area contributed by atoms with E-state index >= 15 is 0 Å². The first-order chi connectivity index (χ1) is 6.81. The molecule has 0 aromatic heterocycles. The third-order valence-electron chi connectivity index (χ3n) is 2.13. The fraction of sp³-hybridized carbons (Fsp3) is 1.00. The van der Waals surface area contributed by atoms with Crippen LogP contribution >= 0.6 is 0 Å². The zero-order chi connectivity index (χ0) is 12.1. The molecule has 0 spiro atoms. The third kappa shape index (κ3) is 5.96. The summed E-state index contributed by atoms with van der Waals surface area (Å²) in [5, 5.41) is 0. The summed E-state index contributed by atoms with van der Waals surface area (Å²) >= 11 is 0. The Morgan fingerprint density at radius 1 is 1.33 bits per heavy atom. The fourth-order valence-electron chi connectivity index (χ4n) is 1.43. The van der Waals surface area contributed by atoms with Gasteiger partial charge in [0.2, 0.25) is 0 Å². The first kappa shape index (κ1) is 14.7. The number of hydrogen-bond acceptors (Lipinski definition) is 3. The number of alkyl halides is 3. The zero-order valence-electron chi connectivity index (χ0n) is 9.34. The van der Waals surface area contributed by atoms with E-state index in [-0.39, 0.29) is 19.2 Å². The third-order valence-corrected chi connectivity index (χ3v) is 2.13. The molecule has 1 atom stereocenters. The molecular formula is C9H19F3N2O. The van der Waals surface area contributed by atoms with Crippen LogP contribution in [0, 0.1) is 0 Å². The number of nitrogens with zero attached hydrogens (tertiary/aromatic N) is 1. The zero-order valence-corrected chi connectivity index (χ0v) is 9.34. The van der Waals surface area contributed by atoms with Gasteiger partial charge >= 0.3 is 6.18 Å². The lowest BCUT2D eigenvalue weighted by Gasteiger charge is -2.34. The van der Waals surface area contributed by atoms with E-state index in [0.29, 0.717) is 0 Å². The monoisotopic (exact) mass is 228 g/mol. The van der Waals surface area contributed by atoms with Gasteiger partial charge in [-0.05, 0) is 13.8 Å². The van der Waals surface area contributed by atoms with Gasteiger partial charge in [-0.3, -0.25) is 4.90 Å². The van der Waals surface area contributed by atoms with Crippen molar-refractivity contribution in [1.82, 2.24) is 4.90 Å². The molecule has 0 aliphatic rings. The largest absolute Gasteiger partial charge is 0.401 e. The smallest absolute Gasteiger partial charge is 0.383 e. The maximum atomic E-state index is 12.3. The molecule has 0 aliphatic carbocycles. The molecule has 0 saturated carbocycles. The molecule has 1 unspecified atom stereocenters. The minimum atomic E-state index is -4.20. The van der Waals surface area contributed by atoms with Crippen molar-refractivity contribution < 1.29 is 17.9 Å². The van der Waals surface area contributed by atoms with Gasteiger partial charge in [-0.1, -0.05) is 0 Å². The highest BCUT2D eigenvalue weighted by Crippen LogP contribution is 2.19. The summed E-state index contributed by atoms with van der Waals surface area (Å²) in [5.41, 5.74) is 5.43. The van der Waals surface area contributed by atoms with Gasteiger partial charge in [-0.25, -0.2) is 0 Å². The van der Waals surface area contributed by atoms with Crippen molar-refractivity contribution in [2.24, 2.45) is 5.73 Å². The molecule has 0 amide bonds. The van der Waals surface area contributed by atoms with Crippen LogP contribution < -0.4 is 5.73 Å². The summed E-state index contributed by atoms with van der Waals surface area (Å²) in [6, 6.07) is -0.605. The van der Waals surface area contributed by atoms with Gasteiger partial charge in [0.15, 0.2) is 0 Å². The predicted octanol–water partition coefficient (Wildman–Crippen LogP) is 1.23. The van der Waals surface area contributed by atoms with Crippen LogP contribution in [0.25, 0.3) is 0 Å². The van der Waals surface area contributed by atoms with Gasteiger partial charge in [0.05, 0.1) is 13.2 Å². The van der Waals surface area contributed by atoms with E-state index in [0.717, 1.165) is 0 Å². The Kier molecular flexibility index (Phi) is 6.16. The SMILES string of the molecule is COCC(CN)N(CC(F)(F)F)C(C)C. The van der Waals surface area contributed by atoms with Gasteiger partial charge in [0, 0.05) is 25.7 Å². The van der Waals surface area contributed by atoms with E-state index in [1.165, 1.54) is 12.0 Å². The molecule has 0 fully saturated rings. The average Bonchev–Trinajstić information content (AvgIpc) is 2.09. The molecule has 0 saturated heterocycles. The highest BCUT2D eigenvalue weighted by Gasteiger charge is 2.34. The minimum absolute atomic E-state index is 0.155. The number of halogens is 3. The average molecular weight is 228 g/mol. The standard InChI is InChI=1S/C9H19F3N2O/c1-7(2)14(6-9(10,11)12)8(4-13)5-15-3/h7-8H,4-6,13H2,1-3H3. The summed E-state index contributed by atoms with van der Waals surface area (Å²) in [5.74, 6) is 0.